The fourth-order valence-corrected chi connectivity index (χ4v) is 2.39. The van der Waals surface area contributed by atoms with Gasteiger partial charge in [-0.3, -0.25) is 0 Å². The fraction of sp³-hybridized carbons (Fsp3) is 0.176. The summed E-state index contributed by atoms with van der Waals surface area (Å²) in [6, 6.07) is 10.6. The van der Waals surface area contributed by atoms with E-state index < -0.39 is 23.9 Å². The van der Waals surface area contributed by atoms with Gasteiger partial charge in [0, 0.05) is 10.9 Å². The van der Waals surface area contributed by atoms with E-state index in [1.807, 2.05) is 0 Å². The second-order valence-electron chi connectivity index (χ2n) is 5.05. The van der Waals surface area contributed by atoms with Crippen LogP contribution in [-0.4, -0.2) is 24.6 Å². The van der Waals surface area contributed by atoms with Crippen LogP contribution in [0.1, 0.15) is 16.8 Å². The quantitative estimate of drug-likeness (QED) is 0.736. The molecule has 2 aromatic rings. The van der Waals surface area contributed by atoms with Crippen LogP contribution in [0.25, 0.3) is 0 Å². The number of carbonyl (C=O) groups excluding carboxylic acids is 2. The van der Waals surface area contributed by atoms with Crippen molar-refractivity contribution in [2.75, 3.05) is 6.61 Å². The Morgan fingerprint density at radius 2 is 1.96 bits per heavy atom. The highest BCUT2D eigenvalue weighted by atomic mass is 79.9. The molecule has 0 spiro atoms. The summed E-state index contributed by atoms with van der Waals surface area (Å²) in [5.41, 5.74) is -0.00430. The Labute approximate surface area is 145 Å². The van der Waals surface area contributed by atoms with Gasteiger partial charge in [0.1, 0.15) is 5.75 Å². The number of ether oxygens (including phenoxy) is 3. The van der Waals surface area contributed by atoms with Crippen molar-refractivity contribution in [1.82, 2.24) is 0 Å². The standard InChI is InChI=1S/C17H12BrFO5/c18-11-2-4-12(5-3-11)23-14-6-1-10(9-13(14)19)16(20)24-15-7-8-22-17(15)21/h1-6,9,15H,7-8H2. The maximum Gasteiger partial charge on any atom is 0.347 e. The van der Waals surface area contributed by atoms with Crippen molar-refractivity contribution < 1.29 is 28.2 Å². The molecule has 1 aliphatic rings. The molecule has 0 N–H and O–H groups in total. The van der Waals surface area contributed by atoms with Crippen LogP contribution in [0.2, 0.25) is 0 Å². The predicted octanol–water partition coefficient (Wildman–Crippen LogP) is 3.85. The maximum atomic E-state index is 14.1. The largest absolute Gasteiger partial charge is 0.463 e. The van der Waals surface area contributed by atoms with Gasteiger partial charge in [-0.2, -0.15) is 0 Å². The lowest BCUT2D eigenvalue weighted by Gasteiger charge is -2.10. The van der Waals surface area contributed by atoms with Crippen molar-refractivity contribution in [3.05, 3.63) is 58.3 Å². The minimum Gasteiger partial charge on any atom is -0.463 e. The van der Waals surface area contributed by atoms with E-state index in [1.165, 1.54) is 12.1 Å². The average Bonchev–Trinajstić information content (AvgIpc) is 2.96. The summed E-state index contributed by atoms with van der Waals surface area (Å²) in [6.07, 6.45) is -0.628. The summed E-state index contributed by atoms with van der Waals surface area (Å²) >= 11 is 3.30. The van der Waals surface area contributed by atoms with E-state index in [9.17, 15) is 14.0 Å². The van der Waals surface area contributed by atoms with Crippen LogP contribution in [0.4, 0.5) is 4.39 Å². The number of esters is 2. The number of carbonyl (C=O) groups is 2. The molecule has 0 bridgehead atoms. The molecule has 1 heterocycles. The van der Waals surface area contributed by atoms with E-state index >= 15 is 0 Å². The van der Waals surface area contributed by atoms with Gasteiger partial charge in [-0.1, -0.05) is 15.9 Å². The lowest BCUT2D eigenvalue weighted by molar-refractivity contribution is -0.145. The van der Waals surface area contributed by atoms with Gasteiger partial charge in [0.2, 0.25) is 6.10 Å². The molecular formula is C17H12BrFO5. The third kappa shape index (κ3) is 3.73. The molecule has 124 valence electrons. The van der Waals surface area contributed by atoms with Gasteiger partial charge in [-0.05, 0) is 42.5 Å². The molecule has 0 aliphatic carbocycles. The molecule has 24 heavy (non-hydrogen) atoms. The van der Waals surface area contributed by atoms with Crippen molar-refractivity contribution in [3.8, 4) is 11.5 Å². The smallest absolute Gasteiger partial charge is 0.347 e. The van der Waals surface area contributed by atoms with Gasteiger partial charge in [-0.25, -0.2) is 14.0 Å². The first-order chi connectivity index (χ1) is 11.5. The topological polar surface area (TPSA) is 61.8 Å². The Bertz CT molecular complexity index is 775. The van der Waals surface area contributed by atoms with Gasteiger partial charge in [0.05, 0.1) is 12.2 Å². The molecule has 0 aromatic heterocycles. The molecule has 1 saturated heterocycles. The van der Waals surface area contributed by atoms with Crippen LogP contribution >= 0.6 is 15.9 Å². The zero-order valence-electron chi connectivity index (χ0n) is 12.3. The number of cyclic esters (lactones) is 1. The van der Waals surface area contributed by atoms with Crippen molar-refractivity contribution in [2.24, 2.45) is 0 Å². The van der Waals surface area contributed by atoms with Crippen molar-refractivity contribution >= 4 is 27.9 Å². The number of rotatable bonds is 4. The van der Waals surface area contributed by atoms with Crippen LogP contribution in [0.3, 0.4) is 0 Å². The number of benzene rings is 2. The van der Waals surface area contributed by atoms with Gasteiger partial charge in [0.25, 0.3) is 0 Å². The molecule has 7 heteroatoms. The van der Waals surface area contributed by atoms with Crippen LogP contribution in [0.15, 0.2) is 46.9 Å². The minimum absolute atomic E-state index is 0.00430. The van der Waals surface area contributed by atoms with E-state index in [4.69, 9.17) is 14.2 Å². The third-order valence-corrected chi connectivity index (χ3v) is 3.87. The van der Waals surface area contributed by atoms with Gasteiger partial charge in [-0.15, -0.1) is 0 Å². The average molecular weight is 395 g/mol. The SMILES string of the molecule is O=C(OC1CCOC1=O)c1ccc(Oc2ccc(Br)cc2)c(F)c1. The van der Waals surface area contributed by atoms with E-state index in [2.05, 4.69) is 15.9 Å². The molecule has 1 atom stereocenters. The summed E-state index contributed by atoms with van der Waals surface area (Å²) in [7, 11) is 0. The highest BCUT2D eigenvalue weighted by Crippen LogP contribution is 2.27. The van der Waals surface area contributed by atoms with Crippen LogP contribution in [0, 0.1) is 5.82 Å². The van der Waals surface area contributed by atoms with Crippen molar-refractivity contribution in [1.29, 1.82) is 0 Å². The molecule has 0 radical (unpaired) electrons. The number of hydrogen-bond donors (Lipinski definition) is 0. The number of halogens is 2. The normalized spacial score (nSPS) is 16.6. The lowest BCUT2D eigenvalue weighted by Crippen LogP contribution is -2.22. The first-order valence-electron chi connectivity index (χ1n) is 7.13. The first kappa shape index (κ1) is 16.4. The maximum absolute atomic E-state index is 14.1. The summed E-state index contributed by atoms with van der Waals surface area (Å²) < 4.78 is 30.1. The van der Waals surface area contributed by atoms with Crippen LogP contribution in [0.5, 0.6) is 11.5 Å². The van der Waals surface area contributed by atoms with Gasteiger partial charge < -0.3 is 14.2 Å². The fourth-order valence-electron chi connectivity index (χ4n) is 2.12. The molecule has 2 aromatic carbocycles. The summed E-state index contributed by atoms with van der Waals surface area (Å²) in [5.74, 6) is -1.64. The Hall–Kier alpha value is -2.41. The predicted molar refractivity (Wildman–Crippen MR) is 85.4 cm³/mol. The van der Waals surface area contributed by atoms with Gasteiger partial charge in [0.15, 0.2) is 11.6 Å². The Morgan fingerprint density at radius 3 is 2.58 bits per heavy atom. The molecule has 0 amide bonds. The van der Waals surface area contributed by atoms with E-state index in [-0.39, 0.29) is 17.9 Å². The molecule has 1 fully saturated rings. The highest BCUT2D eigenvalue weighted by Gasteiger charge is 2.30. The van der Waals surface area contributed by atoms with Gasteiger partial charge >= 0.3 is 11.9 Å². The molecular weight excluding hydrogens is 383 g/mol. The summed E-state index contributed by atoms with van der Waals surface area (Å²) in [6.45, 7) is 0.213. The molecule has 5 nitrogen and oxygen atoms in total. The minimum atomic E-state index is -0.931. The van der Waals surface area contributed by atoms with E-state index in [1.54, 1.807) is 24.3 Å². The molecule has 0 saturated carbocycles. The van der Waals surface area contributed by atoms with Crippen molar-refractivity contribution in [2.45, 2.75) is 12.5 Å². The Morgan fingerprint density at radius 1 is 1.21 bits per heavy atom. The zero-order chi connectivity index (χ0) is 17.1. The second kappa shape index (κ2) is 7.00. The Kier molecular flexibility index (Phi) is 4.80. The van der Waals surface area contributed by atoms with E-state index in [0.717, 1.165) is 10.5 Å². The molecule has 1 unspecified atom stereocenters. The lowest BCUT2D eigenvalue weighted by atomic mass is 10.2. The molecule has 1 aliphatic heterocycles. The van der Waals surface area contributed by atoms with Crippen LogP contribution in [-0.2, 0) is 14.3 Å². The summed E-state index contributed by atoms with van der Waals surface area (Å²) in [4.78, 5) is 23.3. The van der Waals surface area contributed by atoms with E-state index in [0.29, 0.717) is 12.2 Å². The van der Waals surface area contributed by atoms with Crippen LogP contribution < -0.4 is 4.74 Å². The van der Waals surface area contributed by atoms with Crippen molar-refractivity contribution in [3.63, 3.8) is 0 Å². The second-order valence-corrected chi connectivity index (χ2v) is 5.97. The first-order valence-corrected chi connectivity index (χ1v) is 7.93. The number of hydrogen-bond acceptors (Lipinski definition) is 5. The zero-order valence-corrected chi connectivity index (χ0v) is 13.9. The third-order valence-electron chi connectivity index (χ3n) is 3.35. The molecule has 3 rings (SSSR count). The monoisotopic (exact) mass is 394 g/mol. The Balaban J connectivity index is 1.70. The highest BCUT2D eigenvalue weighted by molar-refractivity contribution is 9.10. The summed E-state index contributed by atoms with van der Waals surface area (Å²) in [5, 5.41) is 0.